The van der Waals surface area contributed by atoms with Crippen LogP contribution >= 0.6 is 8.60 Å². The van der Waals surface area contributed by atoms with E-state index in [4.69, 9.17) is 14.7 Å². The summed E-state index contributed by atoms with van der Waals surface area (Å²) in [6.45, 7) is 0. The van der Waals surface area contributed by atoms with Crippen molar-refractivity contribution >= 4 is 8.60 Å². The maximum atomic E-state index is 7.23. The second-order valence-corrected chi connectivity index (χ2v) is 0.805. The Hall–Kier alpha value is 1.45. The summed E-state index contributed by atoms with van der Waals surface area (Å²) in [7, 11) is -2.62. The molecule has 0 aromatic rings. The normalized spacial score (nSPS) is 6.00. The molecule has 0 atom stereocenters. The van der Waals surface area contributed by atoms with Crippen molar-refractivity contribution in [3.8, 4) is 0 Å². The van der Waals surface area contributed by atoms with E-state index in [1.54, 1.807) is 0 Å². The first-order valence-electron chi connectivity index (χ1n) is 0.600. The second kappa shape index (κ2) is 9.68. The maximum Gasteiger partial charge on any atom is 0.324 e. The molecule has 0 aromatic carbocycles. The zero-order valence-corrected chi connectivity index (χ0v) is 7.60. The molecule has 1 radical (unpaired) electrons. The first kappa shape index (κ1) is 15.7. The van der Waals surface area contributed by atoms with Crippen LogP contribution < -0.4 is 0 Å². The molecule has 0 aliphatic heterocycles. The van der Waals surface area contributed by atoms with E-state index < -0.39 is 8.60 Å². The molecule has 0 amide bonds. The molecule has 0 rings (SSSR count). The summed E-state index contributed by atoms with van der Waals surface area (Å²) in [5.74, 6) is 0. The molecular formula is H3CuO3PZn. The van der Waals surface area contributed by atoms with Crippen molar-refractivity contribution in [2.75, 3.05) is 0 Å². The first-order valence-corrected chi connectivity index (χ1v) is 1.80. The van der Waals surface area contributed by atoms with E-state index >= 15 is 0 Å². The first-order chi connectivity index (χ1) is 1.73. The molecule has 0 heterocycles. The Balaban J connectivity index is -0.0000000450. The van der Waals surface area contributed by atoms with Crippen LogP contribution in [-0.2, 0) is 36.5 Å². The van der Waals surface area contributed by atoms with Crippen LogP contribution in [0.15, 0.2) is 0 Å². The molecule has 3 nitrogen and oxygen atoms in total. The molecular weight excluding hydrogens is 208 g/mol. The van der Waals surface area contributed by atoms with Crippen molar-refractivity contribution in [2.24, 2.45) is 0 Å². The summed E-state index contributed by atoms with van der Waals surface area (Å²) < 4.78 is 0. The van der Waals surface area contributed by atoms with Crippen molar-refractivity contribution < 1.29 is 51.2 Å². The molecule has 0 spiro atoms. The van der Waals surface area contributed by atoms with E-state index in [-0.39, 0.29) is 36.5 Å². The average molecular weight is 211 g/mol. The Morgan fingerprint density at radius 1 is 1.00 bits per heavy atom. The minimum Gasteiger partial charge on any atom is -0.328 e. The maximum absolute atomic E-state index is 7.23. The largest absolute Gasteiger partial charge is 0.328 e. The van der Waals surface area contributed by atoms with E-state index in [1.807, 2.05) is 0 Å². The number of hydrogen-bond acceptors (Lipinski definition) is 3. The molecule has 0 aliphatic rings. The van der Waals surface area contributed by atoms with Gasteiger partial charge in [-0.15, -0.1) is 0 Å². The van der Waals surface area contributed by atoms with Gasteiger partial charge in [0.15, 0.2) is 0 Å². The minimum absolute atomic E-state index is 0. The Bertz CT molecular complexity index is 15.5. The van der Waals surface area contributed by atoms with Gasteiger partial charge in [0.2, 0.25) is 0 Å². The van der Waals surface area contributed by atoms with Gasteiger partial charge in [-0.05, 0) is 0 Å². The van der Waals surface area contributed by atoms with Crippen LogP contribution in [-0.4, -0.2) is 14.7 Å². The van der Waals surface area contributed by atoms with Gasteiger partial charge in [-0.3, -0.25) is 0 Å². The van der Waals surface area contributed by atoms with Crippen LogP contribution in [0.1, 0.15) is 0 Å². The molecule has 0 saturated carbocycles. The monoisotopic (exact) mass is 209 g/mol. The Morgan fingerprint density at radius 2 is 1.00 bits per heavy atom. The second-order valence-electron chi connectivity index (χ2n) is 0.268. The van der Waals surface area contributed by atoms with Crippen molar-refractivity contribution in [3.63, 3.8) is 0 Å². The van der Waals surface area contributed by atoms with E-state index in [0.717, 1.165) is 0 Å². The summed E-state index contributed by atoms with van der Waals surface area (Å²) in [5, 5.41) is 0. The number of rotatable bonds is 0. The summed E-state index contributed by atoms with van der Waals surface area (Å²) in [4.78, 5) is 21.7. The van der Waals surface area contributed by atoms with E-state index in [2.05, 4.69) is 0 Å². The third-order valence-electron chi connectivity index (χ3n) is 0. The molecule has 0 aliphatic carbocycles. The zero-order valence-electron chi connectivity index (χ0n) is 2.80. The van der Waals surface area contributed by atoms with E-state index in [1.165, 1.54) is 0 Å². The Labute approximate surface area is 60.0 Å². The van der Waals surface area contributed by atoms with Crippen LogP contribution in [0, 0.1) is 0 Å². The van der Waals surface area contributed by atoms with Gasteiger partial charge in [-0.25, -0.2) is 0 Å². The molecule has 0 fully saturated rings. The van der Waals surface area contributed by atoms with E-state index in [0.29, 0.717) is 0 Å². The third-order valence-corrected chi connectivity index (χ3v) is 0. The SMILES string of the molecule is OP(O)O.[Cu].[Zn]. The Morgan fingerprint density at radius 3 is 1.00 bits per heavy atom. The molecule has 0 unspecified atom stereocenters. The average Bonchev–Trinajstić information content (AvgIpc) is 0.811. The fourth-order valence-corrected chi connectivity index (χ4v) is 0. The van der Waals surface area contributed by atoms with Crippen LogP contribution in [0.25, 0.3) is 0 Å². The predicted octanol–water partition coefficient (Wildman–Crippen LogP) is -0.815. The van der Waals surface area contributed by atoms with Crippen LogP contribution in [0.4, 0.5) is 0 Å². The zero-order chi connectivity index (χ0) is 3.58. The molecule has 39 valence electrons. The fraction of sp³-hybridized carbons (Fsp3) is 0. The molecule has 0 bridgehead atoms. The standard InChI is InChI=1S/Cu.H3O3P.Zn/c;1-4(2)3;/h;1-3H;. The molecule has 0 saturated heterocycles. The van der Waals surface area contributed by atoms with Crippen molar-refractivity contribution in [2.45, 2.75) is 0 Å². The molecule has 6 heavy (non-hydrogen) atoms. The van der Waals surface area contributed by atoms with Gasteiger partial charge in [-0.2, -0.15) is 0 Å². The summed E-state index contributed by atoms with van der Waals surface area (Å²) >= 11 is 0. The van der Waals surface area contributed by atoms with Gasteiger partial charge in [0.25, 0.3) is 0 Å². The topological polar surface area (TPSA) is 60.7 Å². The predicted molar refractivity (Wildman–Crippen MR) is 13.6 cm³/mol. The summed E-state index contributed by atoms with van der Waals surface area (Å²) in [5.41, 5.74) is 0. The summed E-state index contributed by atoms with van der Waals surface area (Å²) in [6, 6.07) is 0. The quantitative estimate of drug-likeness (QED) is 0.362. The molecule has 3 N–H and O–H groups in total. The minimum atomic E-state index is -2.62. The van der Waals surface area contributed by atoms with Gasteiger partial charge < -0.3 is 14.7 Å². The van der Waals surface area contributed by atoms with Crippen LogP contribution in [0.2, 0.25) is 0 Å². The number of hydrogen-bond donors (Lipinski definition) is 3. The van der Waals surface area contributed by atoms with Gasteiger partial charge in [0.05, 0.1) is 0 Å². The van der Waals surface area contributed by atoms with Crippen molar-refractivity contribution in [1.29, 1.82) is 0 Å². The Kier molecular flexibility index (Phi) is 25.2. The molecule has 0 aromatic heterocycles. The van der Waals surface area contributed by atoms with Gasteiger partial charge in [0.1, 0.15) is 0 Å². The van der Waals surface area contributed by atoms with Gasteiger partial charge >= 0.3 is 8.60 Å². The fourth-order valence-electron chi connectivity index (χ4n) is 0. The van der Waals surface area contributed by atoms with Crippen LogP contribution in [0.5, 0.6) is 0 Å². The van der Waals surface area contributed by atoms with Crippen LogP contribution in [0.3, 0.4) is 0 Å². The summed E-state index contributed by atoms with van der Waals surface area (Å²) in [6.07, 6.45) is 0. The van der Waals surface area contributed by atoms with E-state index in [9.17, 15) is 0 Å². The van der Waals surface area contributed by atoms with Gasteiger partial charge in [0, 0.05) is 36.5 Å². The van der Waals surface area contributed by atoms with Crippen molar-refractivity contribution in [1.82, 2.24) is 0 Å². The third kappa shape index (κ3) is 51.2. The molecule has 6 heteroatoms. The van der Waals surface area contributed by atoms with Crippen molar-refractivity contribution in [3.05, 3.63) is 0 Å². The van der Waals surface area contributed by atoms with Gasteiger partial charge in [-0.1, -0.05) is 0 Å². The smallest absolute Gasteiger partial charge is 0.324 e.